The number of fused-ring (bicyclic) bond motifs is 2. The van der Waals surface area contributed by atoms with E-state index in [1.54, 1.807) is 0 Å². The second-order valence-corrected chi connectivity index (χ2v) is 7.31. The summed E-state index contributed by atoms with van der Waals surface area (Å²) in [5.41, 5.74) is 1.37. The summed E-state index contributed by atoms with van der Waals surface area (Å²) in [6, 6.07) is 17.6. The van der Waals surface area contributed by atoms with E-state index in [2.05, 4.69) is 62.4 Å². The van der Waals surface area contributed by atoms with Crippen molar-refractivity contribution >= 4 is 21.5 Å². The second kappa shape index (κ2) is 9.62. The molecule has 1 nitrogen and oxygen atoms in total. The van der Waals surface area contributed by atoms with E-state index in [1.807, 2.05) is 0 Å². The van der Waals surface area contributed by atoms with Gasteiger partial charge in [0.15, 0.2) is 0 Å². The average molecular weight is 349 g/mol. The van der Waals surface area contributed by atoms with Gasteiger partial charge in [-0.3, -0.25) is 0 Å². The maximum atomic E-state index is 6.36. The lowest BCUT2D eigenvalue weighted by Gasteiger charge is -2.14. The summed E-state index contributed by atoms with van der Waals surface area (Å²) >= 11 is 0. The number of hydrogen-bond acceptors (Lipinski definition) is 1. The largest absolute Gasteiger partial charge is 0.492 e. The molecule has 0 atom stereocenters. The third-order valence-corrected chi connectivity index (χ3v) is 5.28. The van der Waals surface area contributed by atoms with Crippen LogP contribution in [0.5, 0.6) is 5.75 Å². The van der Waals surface area contributed by atoms with Gasteiger partial charge in [-0.25, -0.2) is 0 Å². The molecule has 138 valence electrons. The van der Waals surface area contributed by atoms with Crippen LogP contribution >= 0.6 is 0 Å². The first-order valence-electron chi connectivity index (χ1n) is 10.4. The highest BCUT2D eigenvalue weighted by Crippen LogP contribution is 2.35. The Bertz CT molecular complexity index is 834. The minimum absolute atomic E-state index is 0.813. The van der Waals surface area contributed by atoms with E-state index >= 15 is 0 Å². The predicted octanol–water partition coefficient (Wildman–Crippen LogP) is 7.68. The van der Waals surface area contributed by atoms with Crippen LogP contribution in [0.1, 0.15) is 64.4 Å². The Hall–Kier alpha value is -2.02. The summed E-state index contributed by atoms with van der Waals surface area (Å²) in [5.74, 6) is 1.07. The molecule has 0 bridgehead atoms. The van der Waals surface area contributed by atoms with Crippen molar-refractivity contribution in [2.24, 2.45) is 0 Å². The van der Waals surface area contributed by atoms with E-state index in [9.17, 15) is 0 Å². The van der Waals surface area contributed by atoms with Gasteiger partial charge in [0.2, 0.25) is 0 Å². The number of rotatable bonds is 10. The number of benzene rings is 3. The molecule has 0 aliphatic rings. The van der Waals surface area contributed by atoms with Crippen LogP contribution in [0.2, 0.25) is 0 Å². The Morgan fingerprint density at radius 2 is 1.42 bits per heavy atom. The van der Waals surface area contributed by atoms with Crippen LogP contribution in [0.25, 0.3) is 21.5 Å². The van der Waals surface area contributed by atoms with Gasteiger partial charge in [0.05, 0.1) is 6.61 Å². The Kier molecular flexibility index (Phi) is 6.94. The first-order chi connectivity index (χ1) is 12.8. The first-order valence-corrected chi connectivity index (χ1v) is 10.4. The van der Waals surface area contributed by atoms with Gasteiger partial charge >= 0.3 is 0 Å². The zero-order valence-corrected chi connectivity index (χ0v) is 16.4. The molecule has 3 aromatic rings. The standard InChI is InChI=1S/C25H32O/c1-3-5-6-7-8-9-12-17-26-25-23-14-11-10-13-21(23)19-22-16-15-20(4-2)18-24(22)25/h10-11,13-16,18-19H,3-9,12,17H2,1-2H3. The van der Waals surface area contributed by atoms with Crippen molar-refractivity contribution in [3.8, 4) is 5.75 Å². The fourth-order valence-electron chi connectivity index (χ4n) is 3.68. The Labute approximate surface area is 158 Å². The van der Waals surface area contributed by atoms with Crippen molar-refractivity contribution in [2.45, 2.75) is 65.2 Å². The smallest absolute Gasteiger partial charge is 0.134 e. The molecule has 0 radical (unpaired) electrons. The maximum Gasteiger partial charge on any atom is 0.134 e. The molecule has 0 aliphatic carbocycles. The van der Waals surface area contributed by atoms with Crippen LogP contribution in [0.15, 0.2) is 48.5 Å². The molecule has 0 heterocycles. The van der Waals surface area contributed by atoms with Crippen molar-refractivity contribution in [3.63, 3.8) is 0 Å². The zero-order valence-electron chi connectivity index (χ0n) is 16.4. The Morgan fingerprint density at radius 1 is 0.692 bits per heavy atom. The summed E-state index contributed by atoms with van der Waals surface area (Å²) in [4.78, 5) is 0. The monoisotopic (exact) mass is 348 g/mol. The summed E-state index contributed by atoms with van der Waals surface area (Å²) in [7, 11) is 0. The van der Waals surface area contributed by atoms with Gasteiger partial charge in [-0.2, -0.15) is 0 Å². The van der Waals surface area contributed by atoms with Crippen LogP contribution in [0.3, 0.4) is 0 Å². The SMILES string of the molecule is CCCCCCCCCOc1c2ccccc2cc2ccc(CC)cc12. The molecule has 0 saturated carbocycles. The molecule has 0 aromatic heterocycles. The molecule has 0 N–H and O–H groups in total. The average Bonchev–Trinajstić information content (AvgIpc) is 2.69. The quantitative estimate of drug-likeness (QED) is 0.269. The number of ether oxygens (including phenoxy) is 1. The minimum atomic E-state index is 0.813. The summed E-state index contributed by atoms with van der Waals surface area (Å²) in [5, 5.41) is 5.02. The van der Waals surface area contributed by atoms with Crippen molar-refractivity contribution in [1.82, 2.24) is 0 Å². The molecule has 0 aliphatic heterocycles. The van der Waals surface area contributed by atoms with E-state index in [-0.39, 0.29) is 0 Å². The lowest BCUT2D eigenvalue weighted by molar-refractivity contribution is 0.311. The van der Waals surface area contributed by atoms with Gasteiger partial charge in [0.1, 0.15) is 5.75 Å². The van der Waals surface area contributed by atoms with Gasteiger partial charge in [0.25, 0.3) is 0 Å². The fourth-order valence-corrected chi connectivity index (χ4v) is 3.68. The predicted molar refractivity (Wildman–Crippen MR) is 114 cm³/mol. The van der Waals surface area contributed by atoms with E-state index in [0.29, 0.717) is 0 Å². The van der Waals surface area contributed by atoms with Crippen molar-refractivity contribution in [3.05, 3.63) is 54.1 Å². The van der Waals surface area contributed by atoms with Crippen molar-refractivity contribution < 1.29 is 4.74 Å². The van der Waals surface area contributed by atoms with Gasteiger partial charge in [-0.15, -0.1) is 0 Å². The van der Waals surface area contributed by atoms with Crippen LogP contribution in [0.4, 0.5) is 0 Å². The van der Waals surface area contributed by atoms with Crippen LogP contribution in [0, 0.1) is 0 Å². The van der Waals surface area contributed by atoms with Crippen LogP contribution in [-0.4, -0.2) is 6.61 Å². The summed E-state index contributed by atoms with van der Waals surface area (Å²) < 4.78 is 6.36. The second-order valence-electron chi connectivity index (χ2n) is 7.31. The van der Waals surface area contributed by atoms with Gasteiger partial charge in [-0.1, -0.05) is 88.8 Å². The molecule has 0 unspecified atom stereocenters. The summed E-state index contributed by atoms with van der Waals surface area (Å²) in [6.07, 6.45) is 10.2. The number of aryl methyl sites for hydroxylation is 1. The Morgan fingerprint density at radius 3 is 2.23 bits per heavy atom. The van der Waals surface area contributed by atoms with Gasteiger partial charge in [-0.05, 0) is 41.3 Å². The lowest BCUT2D eigenvalue weighted by Crippen LogP contribution is -1.99. The molecular formula is C25H32O. The molecule has 3 aromatic carbocycles. The number of unbranched alkanes of at least 4 members (excludes halogenated alkanes) is 6. The molecule has 0 fully saturated rings. The molecule has 26 heavy (non-hydrogen) atoms. The molecule has 3 rings (SSSR count). The van der Waals surface area contributed by atoms with E-state index < -0.39 is 0 Å². The van der Waals surface area contributed by atoms with Gasteiger partial charge in [0, 0.05) is 10.8 Å². The Balaban J connectivity index is 1.74. The highest BCUT2D eigenvalue weighted by atomic mass is 16.5. The lowest BCUT2D eigenvalue weighted by atomic mass is 9.99. The minimum Gasteiger partial charge on any atom is -0.492 e. The molecular weight excluding hydrogens is 316 g/mol. The first kappa shape index (κ1) is 18.8. The molecule has 1 heteroatoms. The highest BCUT2D eigenvalue weighted by Gasteiger charge is 2.09. The molecule has 0 amide bonds. The topological polar surface area (TPSA) is 9.23 Å². The van der Waals surface area contributed by atoms with E-state index in [0.717, 1.165) is 25.2 Å². The van der Waals surface area contributed by atoms with E-state index in [1.165, 1.54) is 65.6 Å². The summed E-state index contributed by atoms with van der Waals surface area (Å²) in [6.45, 7) is 5.29. The van der Waals surface area contributed by atoms with Crippen molar-refractivity contribution in [1.29, 1.82) is 0 Å². The number of hydrogen-bond donors (Lipinski definition) is 0. The maximum absolute atomic E-state index is 6.36. The zero-order chi connectivity index (χ0) is 18.2. The highest BCUT2D eigenvalue weighted by molar-refractivity contribution is 6.05. The fraction of sp³-hybridized carbons (Fsp3) is 0.440. The van der Waals surface area contributed by atoms with Crippen LogP contribution < -0.4 is 4.74 Å². The van der Waals surface area contributed by atoms with Gasteiger partial charge < -0.3 is 4.74 Å². The normalized spacial score (nSPS) is 11.3. The molecule has 0 saturated heterocycles. The van der Waals surface area contributed by atoms with E-state index in [4.69, 9.17) is 4.74 Å². The van der Waals surface area contributed by atoms with Crippen molar-refractivity contribution in [2.75, 3.05) is 6.61 Å². The van der Waals surface area contributed by atoms with Crippen LogP contribution in [-0.2, 0) is 6.42 Å². The molecule has 0 spiro atoms. The third kappa shape index (κ3) is 4.58. The third-order valence-electron chi connectivity index (χ3n) is 5.28.